The molecule has 16 heavy (non-hydrogen) atoms. The molecule has 4 nitrogen and oxygen atoms in total. The molecule has 0 saturated heterocycles. The van der Waals surface area contributed by atoms with Gasteiger partial charge in [0.15, 0.2) is 0 Å². The van der Waals surface area contributed by atoms with Crippen molar-refractivity contribution in [1.82, 2.24) is 9.97 Å². The lowest BCUT2D eigenvalue weighted by atomic mass is 10.3. The van der Waals surface area contributed by atoms with Crippen molar-refractivity contribution in [3.05, 3.63) is 40.8 Å². The predicted molar refractivity (Wildman–Crippen MR) is 60.6 cm³/mol. The fraction of sp³-hybridized carbons (Fsp3) is 0. The van der Waals surface area contributed by atoms with Crippen LogP contribution in [0.4, 0.5) is 10.2 Å². The summed E-state index contributed by atoms with van der Waals surface area (Å²) in [4.78, 5) is 7.73. The second-order valence-electron chi connectivity index (χ2n) is 2.94. The Morgan fingerprint density at radius 3 is 2.81 bits per heavy atom. The fourth-order valence-corrected chi connectivity index (χ4v) is 1.49. The number of rotatable bonds is 2. The minimum atomic E-state index is -0.354. The Morgan fingerprint density at radius 2 is 2.12 bits per heavy atom. The maximum Gasteiger partial charge on any atom is 0.323 e. The van der Waals surface area contributed by atoms with Crippen LogP contribution < -0.4 is 10.5 Å². The van der Waals surface area contributed by atoms with Crippen LogP contribution in [0.1, 0.15) is 0 Å². The lowest BCUT2D eigenvalue weighted by molar-refractivity contribution is 0.438. The van der Waals surface area contributed by atoms with Gasteiger partial charge in [0.2, 0.25) is 0 Å². The topological polar surface area (TPSA) is 61.0 Å². The van der Waals surface area contributed by atoms with Crippen molar-refractivity contribution in [2.45, 2.75) is 0 Å². The highest BCUT2D eigenvalue weighted by atomic mass is 79.9. The first-order valence-electron chi connectivity index (χ1n) is 4.36. The van der Waals surface area contributed by atoms with Crippen LogP contribution in [0.15, 0.2) is 34.9 Å². The van der Waals surface area contributed by atoms with Gasteiger partial charge >= 0.3 is 6.01 Å². The van der Waals surface area contributed by atoms with Crippen LogP contribution in [0.25, 0.3) is 0 Å². The lowest BCUT2D eigenvalue weighted by Gasteiger charge is -2.05. The first-order valence-corrected chi connectivity index (χ1v) is 5.16. The Kier molecular flexibility index (Phi) is 3.00. The third kappa shape index (κ3) is 2.46. The van der Waals surface area contributed by atoms with E-state index in [4.69, 9.17) is 10.5 Å². The Hall–Kier alpha value is -1.69. The molecule has 2 rings (SSSR count). The van der Waals surface area contributed by atoms with Gasteiger partial charge < -0.3 is 10.5 Å². The number of nitrogen functional groups attached to an aromatic ring is 1. The minimum absolute atomic E-state index is 0.118. The monoisotopic (exact) mass is 283 g/mol. The molecule has 1 aromatic carbocycles. The van der Waals surface area contributed by atoms with E-state index in [1.807, 2.05) is 0 Å². The molecular weight excluding hydrogens is 277 g/mol. The average Bonchev–Trinajstić information content (AvgIpc) is 2.22. The summed E-state index contributed by atoms with van der Waals surface area (Å²) in [7, 11) is 0. The number of hydrogen-bond donors (Lipinski definition) is 1. The number of benzene rings is 1. The summed E-state index contributed by atoms with van der Waals surface area (Å²) in [5.74, 6) is 0.378. The number of nitrogens with zero attached hydrogens (tertiary/aromatic N) is 2. The molecule has 0 aliphatic rings. The van der Waals surface area contributed by atoms with Gasteiger partial charge in [-0.15, -0.1) is 0 Å². The van der Waals surface area contributed by atoms with E-state index in [0.29, 0.717) is 16.0 Å². The van der Waals surface area contributed by atoms with Crippen LogP contribution in [0.3, 0.4) is 0 Å². The number of ether oxygens (including phenoxy) is 1. The van der Waals surface area contributed by atoms with Crippen LogP contribution in [0.5, 0.6) is 11.8 Å². The van der Waals surface area contributed by atoms with E-state index in [1.54, 1.807) is 6.07 Å². The number of nitrogens with two attached hydrogens (primary N) is 1. The Bertz CT molecular complexity index is 521. The molecule has 0 unspecified atom stereocenters. The number of halogens is 2. The highest BCUT2D eigenvalue weighted by Crippen LogP contribution is 2.28. The maximum atomic E-state index is 12.8. The summed E-state index contributed by atoms with van der Waals surface area (Å²) in [5.41, 5.74) is 5.47. The molecule has 82 valence electrons. The molecule has 0 atom stereocenters. The lowest BCUT2D eigenvalue weighted by Crippen LogP contribution is -1.96. The standard InChI is InChI=1S/C10H7BrFN3O/c11-7-5-6(12)1-2-8(7)16-10-14-4-3-9(13)15-10/h1-5H,(H2,13,14,15). The Labute approximate surface area is 99.4 Å². The zero-order valence-electron chi connectivity index (χ0n) is 8.02. The van der Waals surface area contributed by atoms with Gasteiger partial charge in [0.1, 0.15) is 17.4 Å². The zero-order valence-corrected chi connectivity index (χ0v) is 9.61. The third-order valence-corrected chi connectivity index (χ3v) is 2.37. The SMILES string of the molecule is Nc1ccnc(Oc2ccc(F)cc2Br)n1. The molecule has 0 fully saturated rings. The highest BCUT2D eigenvalue weighted by molar-refractivity contribution is 9.10. The van der Waals surface area contributed by atoms with E-state index in [9.17, 15) is 4.39 Å². The van der Waals surface area contributed by atoms with E-state index in [2.05, 4.69) is 25.9 Å². The number of hydrogen-bond acceptors (Lipinski definition) is 4. The van der Waals surface area contributed by atoms with Gasteiger partial charge in [-0.25, -0.2) is 9.37 Å². The second-order valence-corrected chi connectivity index (χ2v) is 3.80. The largest absolute Gasteiger partial charge is 0.423 e. The summed E-state index contributed by atoms with van der Waals surface area (Å²) in [5, 5.41) is 0. The second kappa shape index (κ2) is 4.44. The average molecular weight is 284 g/mol. The van der Waals surface area contributed by atoms with Crippen LogP contribution in [-0.2, 0) is 0 Å². The van der Waals surface area contributed by atoms with Crippen LogP contribution >= 0.6 is 15.9 Å². The van der Waals surface area contributed by atoms with E-state index in [0.717, 1.165) is 0 Å². The molecular formula is C10H7BrFN3O. The van der Waals surface area contributed by atoms with E-state index in [-0.39, 0.29) is 11.8 Å². The van der Waals surface area contributed by atoms with E-state index < -0.39 is 0 Å². The molecule has 0 amide bonds. The van der Waals surface area contributed by atoms with Crippen molar-refractivity contribution in [2.24, 2.45) is 0 Å². The molecule has 0 spiro atoms. The molecule has 0 aliphatic heterocycles. The molecule has 1 heterocycles. The quantitative estimate of drug-likeness (QED) is 0.921. The summed E-state index contributed by atoms with van der Waals surface area (Å²) >= 11 is 3.17. The van der Waals surface area contributed by atoms with Gasteiger partial charge in [-0.1, -0.05) is 0 Å². The van der Waals surface area contributed by atoms with Crippen molar-refractivity contribution >= 4 is 21.7 Å². The maximum absolute atomic E-state index is 12.8. The number of anilines is 1. The van der Waals surface area contributed by atoms with Crippen molar-refractivity contribution in [3.63, 3.8) is 0 Å². The predicted octanol–water partition coefficient (Wildman–Crippen LogP) is 2.75. The van der Waals surface area contributed by atoms with Gasteiger partial charge in [-0.3, -0.25) is 0 Å². The van der Waals surface area contributed by atoms with Crippen molar-refractivity contribution < 1.29 is 9.13 Å². The zero-order chi connectivity index (χ0) is 11.5. The van der Waals surface area contributed by atoms with Gasteiger partial charge in [0.25, 0.3) is 0 Å². The molecule has 0 radical (unpaired) electrons. The third-order valence-electron chi connectivity index (χ3n) is 1.75. The molecule has 0 aliphatic carbocycles. The smallest absolute Gasteiger partial charge is 0.323 e. The van der Waals surface area contributed by atoms with Crippen LogP contribution in [0, 0.1) is 5.82 Å². The van der Waals surface area contributed by atoms with Gasteiger partial charge in [0.05, 0.1) is 4.47 Å². The van der Waals surface area contributed by atoms with E-state index in [1.165, 1.54) is 24.4 Å². The minimum Gasteiger partial charge on any atom is -0.423 e. The van der Waals surface area contributed by atoms with E-state index >= 15 is 0 Å². The van der Waals surface area contributed by atoms with Gasteiger partial charge in [-0.05, 0) is 40.2 Å². The molecule has 2 N–H and O–H groups in total. The highest BCUT2D eigenvalue weighted by Gasteiger charge is 2.05. The Balaban J connectivity index is 2.27. The normalized spacial score (nSPS) is 10.1. The molecule has 0 saturated carbocycles. The molecule has 1 aromatic heterocycles. The van der Waals surface area contributed by atoms with Crippen molar-refractivity contribution in [2.75, 3.05) is 5.73 Å². The first kappa shape index (κ1) is 10.8. The summed E-state index contributed by atoms with van der Waals surface area (Å²) in [6.45, 7) is 0. The van der Waals surface area contributed by atoms with Crippen LogP contribution in [0.2, 0.25) is 0 Å². The summed E-state index contributed by atoms with van der Waals surface area (Å²) in [6, 6.07) is 5.72. The molecule has 6 heteroatoms. The van der Waals surface area contributed by atoms with Crippen molar-refractivity contribution in [3.8, 4) is 11.8 Å². The molecule has 2 aromatic rings. The van der Waals surface area contributed by atoms with Gasteiger partial charge in [0, 0.05) is 6.20 Å². The molecule has 0 bridgehead atoms. The Morgan fingerprint density at radius 1 is 1.31 bits per heavy atom. The number of aromatic nitrogens is 2. The van der Waals surface area contributed by atoms with Crippen LogP contribution in [-0.4, -0.2) is 9.97 Å². The summed E-state index contributed by atoms with van der Waals surface area (Å²) < 4.78 is 18.6. The summed E-state index contributed by atoms with van der Waals surface area (Å²) in [6.07, 6.45) is 1.48. The first-order chi connectivity index (χ1) is 7.65. The van der Waals surface area contributed by atoms with Crippen molar-refractivity contribution in [1.29, 1.82) is 0 Å². The van der Waals surface area contributed by atoms with Gasteiger partial charge in [-0.2, -0.15) is 4.98 Å². The fourth-order valence-electron chi connectivity index (χ4n) is 1.06.